The van der Waals surface area contributed by atoms with Crippen LogP contribution in [0.4, 0.5) is 0 Å². The van der Waals surface area contributed by atoms with Crippen molar-refractivity contribution < 1.29 is 14.3 Å². The second-order valence-electron chi connectivity index (χ2n) is 5.16. The van der Waals surface area contributed by atoms with E-state index >= 15 is 0 Å². The van der Waals surface area contributed by atoms with Crippen LogP contribution in [0.25, 0.3) is 10.9 Å². The molecule has 0 fully saturated rings. The molecule has 24 heavy (non-hydrogen) atoms. The number of esters is 1. The first kappa shape index (κ1) is 16.5. The summed E-state index contributed by atoms with van der Waals surface area (Å²) in [6.45, 7) is 2.58. The number of hydrogen-bond donors (Lipinski definition) is 0. The fourth-order valence-corrected chi connectivity index (χ4v) is 2.90. The van der Waals surface area contributed by atoms with Crippen molar-refractivity contribution >= 4 is 32.8 Å². The van der Waals surface area contributed by atoms with Crippen molar-refractivity contribution in [1.29, 1.82) is 0 Å². The highest BCUT2D eigenvalue weighted by Crippen LogP contribution is 2.30. The number of rotatable bonds is 5. The SMILES string of the molecule is CCOC(=O)c1cnc2ccc(OCc3ccccc3)cc2c1Br. The van der Waals surface area contributed by atoms with E-state index in [-0.39, 0.29) is 0 Å². The maximum atomic E-state index is 12.0. The number of benzene rings is 2. The highest BCUT2D eigenvalue weighted by molar-refractivity contribution is 9.10. The highest BCUT2D eigenvalue weighted by atomic mass is 79.9. The van der Waals surface area contributed by atoms with Gasteiger partial charge in [0.25, 0.3) is 0 Å². The number of halogens is 1. The van der Waals surface area contributed by atoms with E-state index < -0.39 is 5.97 Å². The summed E-state index contributed by atoms with van der Waals surface area (Å²) in [4.78, 5) is 16.3. The Bertz CT molecular complexity index is 865. The fourth-order valence-electron chi connectivity index (χ4n) is 2.32. The van der Waals surface area contributed by atoms with Crippen molar-refractivity contribution in [2.24, 2.45) is 0 Å². The maximum absolute atomic E-state index is 12.0. The molecule has 0 atom stereocenters. The van der Waals surface area contributed by atoms with E-state index in [2.05, 4.69) is 20.9 Å². The summed E-state index contributed by atoms with van der Waals surface area (Å²) in [5, 5.41) is 0.811. The summed E-state index contributed by atoms with van der Waals surface area (Å²) in [6.07, 6.45) is 1.52. The molecule has 2 aromatic carbocycles. The smallest absolute Gasteiger partial charge is 0.340 e. The van der Waals surface area contributed by atoms with E-state index in [9.17, 15) is 4.79 Å². The molecule has 0 radical (unpaired) electrons. The van der Waals surface area contributed by atoms with Crippen LogP contribution < -0.4 is 4.74 Å². The summed E-state index contributed by atoms with van der Waals surface area (Å²) < 4.78 is 11.6. The van der Waals surface area contributed by atoms with Gasteiger partial charge in [0.15, 0.2) is 0 Å². The Labute approximate surface area is 148 Å². The molecule has 0 bridgehead atoms. The summed E-state index contributed by atoms with van der Waals surface area (Å²) >= 11 is 3.49. The van der Waals surface area contributed by atoms with Crippen LogP contribution in [0, 0.1) is 0 Å². The minimum atomic E-state index is -0.394. The van der Waals surface area contributed by atoms with Gasteiger partial charge < -0.3 is 9.47 Å². The molecule has 0 aliphatic rings. The molecule has 0 aliphatic heterocycles. The molecule has 0 saturated heterocycles. The number of pyridine rings is 1. The molecule has 1 heterocycles. The highest BCUT2D eigenvalue weighted by Gasteiger charge is 2.15. The van der Waals surface area contributed by atoms with Crippen molar-refractivity contribution in [1.82, 2.24) is 4.98 Å². The van der Waals surface area contributed by atoms with E-state index in [0.717, 1.165) is 22.2 Å². The number of hydrogen-bond acceptors (Lipinski definition) is 4. The number of fused-ring (bicyclic) bond motifs is 1. The minimum Gasteiger partial charge on any atom is -0.489 e. The van der Waals surface area contributed by atoms with Gasteiger partial charge in [-0.25, -0.2) is 4.79 Å². The first-order valence-electron chi connectivity index (χ1n) is 7.61. The van der Waals surface area contributed by atoms with Crippen molar-refractivity contribution in [3.8, 4) is 5.75 Å². The van der Waals surface area contributed by atoms with Gasteiger partial charge in [0.1, 0.15) is 12.4 Å². The topological polar surface area (TPSA) is 48.4 Å². The van der Waals surface area contributed by atoms with Crippen LogP contribution in [0.1, 0.15) is 22.8 Å². The molecule has 1 aromatic heterocycles. The van der Waals surface area contributed by atoms with Crippen LogP contribution in [0.2, 0.25) is 0 Å². The van der Waals surface area contributed by atoms with E-state index in [1.807, 2.05) is 48.5 Å². The summed E-state index contributed by atoms with van der Waals surface area (Å²) in [7, 11) is 0. The van der Waals surface area contributed by atoms with Crippen molar-refractivity contribution in [3.63, 3.8) is 0 Å². The Hall–Kier alpha value is -2.40. The van der Waals surface area contributed by atoms with Gasteiger partial charge in [-0.05, 0) is 46.6 Å². The van der Waals surface area contributed by atoms with Gasteiger partial charge in [-0.2, -0.15) is 0 Å². The Balaban J connectivity index is 1.88. The molecule has 4 nitrogen and oxygen atoms in total. The Morgan fingerprint density at radius 2 is 1.96 bits per heavy atom. The standard InChI is InChI=1S/C19H16BrNO3/c1-2-23-19(22)16-11-21-17-9-8-14(10-15(17)18(16)20)24-12-13-6-4-3-5-7-13/h3-11H,2,12H2,1H3. The second-order valence-corrected chi connectivity index (χ2v) is 5.95. The lowest BCUT2D eigenvalue weighted by Gasteiger charge is -2.10. The zero-order chi connectivity index (χ0) is 16.9. The molecule has 5 heteroatoms. The lowest BCUT2D eigenvalue weighted by molar-refractivity contribution is 0.0525. The van der Waals surface area contributed by atoms with Gasteiger partial charge in [0.05, 0.1) is 17.7 Å². The van der Waals surface area contributed by atoms with Crippen molar-refractivity contribution in [2.75, 3.05) is 6.61 Å². The van der Waals surface area contributed by atoms with E-state index in [1.165, 1.54) is 6.20 Å². The Morgan fingerprint density at radius 3 is 2.71 bits per heavy atom. The van der Waals surface area contributed by atoms with Gasteiger partial charge in [-0.15, -0.1) is 0 Å². The second kappa shape index (κ2) is 7.45. The van der Waals surface area contributed by atoms with Gasteiger partial charge >= 0.3 is 5.97 Å². The molecule has 0 unspecified atom stereocenters. The average molecular weight is 386 g/mol. The van der Waals surface area contributed by atoms with Gasteiger partial charge in [-0.1, -0.05) is 30.3 Å². The summed E-state index contributed by atoms with van der Waals surface area (Å²) in [5.41, 5.74) is 2.28. The van der Waals surface area contributed by atoms with Crippen LogP contribution >= 0.6 is 15.9 Å². The predicted octanol–water partition coefficient (Wildman–Crippen LogP) is 4.75. The molecule has 122 valence electrons. The monoisotopic (exact) mass is 385 g/mol. The van der Waals surface area contributed by atoms with E-state index in [4.69, 9.17) is 9.47 Å². The maximum Gasteiger partial charge on any atom is 0.340 e. The number of carbonyl (C=O) groups is 1. The molecule has 3 rings (SSSR count). The molecular weight excluding hydrogens is 370 g/mol. The van der Waals surface area contributed by atoms with E-state index in [1.54, 1.807) is 6.92 Å². The number of carbonyl (C=O) groups excluding carboxylic acids is 1. The first-order valence-corrected chi connectivity index (χ1v) is 8.40. The summed E-state index contributed by atoms with van der Waals surface area (Å²) in [5.74, 6) is 0.323. The lowest BCUT2D eigenvalue weighted by atomic mass is 10.1. The quantitative estimate of drug-likeness (QED) is 0.594. The largest absolute Gasteiger partial charge is 0.489 e. The number of aromatic nitrogens is 1. The minimum absolute atomic E-state index is 0.323. The number of nitrogens with zero attached hydrogens (tertiary/aromatic N) is 1. The fraction of sp³-hybridized carbons (Fsp3) is 0.158. The first-order chi connectivity index (χ1) is 11.7. The number of ether oxygens (including phenoxy) is 2. The van der Waals surface area contributed by atoms with Crippen molar-refractivity contribution in [3.05, 3.63) is 70.3 Å². The Morgan fingerprint density at radius 1 is 1.17 bits per heavy atom. The third kappa shape index (κ3) is 3.57. The molecule has 0 amide bonds. The molecule has 3 aromatic rings. The third-order valence-electron chi connectivity index (χ3n) is 3.52. The molecular formula is C19H16BrNO3. The summed E-state index contributed by atoms with van der Waals surface area (Å²) in [6, 6.07) is 15.6. The average Bonchev–Trinajstić information content (AvgIpc) is 2.61. The van der Waals surface area contributed by atoms with Crippen LogP contribution in [-0.4, -0.2) is 17.6 Å². The van der Waals surface area contributed by atoms with Crippen LogP contribution in [-0.2, 0) is 11.3 Å². The predicted molar refractivity (Wildman–Crippen MR) is 96.2 cm³/mol. The lowest BCUT2D eigenvalue weighted by Crippen LogP contribution is -2.06. The van der Waals surface area contributed by atoms with Gasteiger partial charge in [0, 0.05) is 16.1 Å². The molecule has 0 aliphatic carbocycles. The van der Waals surface area contributed by atoms with Crippen LogP contribution in [0.3, 0.4) is 0 Å². The van der Waals surface area contributed by atoms with Gasteiger partial charge in [-0.3, -0.25) is 4.98 Å². The normalized spacial score (nSPS) is 10.6. The van der Waals surface area contributed by atoms with Crippen molar-refractivity contribution in [2.45, 2.75) is 13.5 Å². The zero-order valence-corrected chi connectivity index (χ0v) is 14.7. The van der Waals surface area contributed by atoms with Crippen LogP contribution in [0.15, 0.2) is 59.2 Å². The Kier molecular flexibility index (Phi) is 5.11. The third-order valence-corrected chi connectivity index (χ3v) is 4.37. The molecule has 0 spiro atoms. The van der Waals surface area contributed by atoms with Gasteiger partial charge in [0.2, 0.25) is 0 Å². The van der Waals surface area contributed by atoms with E-state index in [0.29, 0.717) is 23.2 Å². The molecule has 0 N–H and O–H groups in total. The zero-order valence-electron chi connectivity index (χ0n) is 13.2. The van der Waals surface area contributed by atoms with Crippen LogP contribution in [0.5, 0.6) is 5.75 Å². The molecule has 0 saturated carbocycles.